The van der Waals surface area contributed by atoms with Gasteiger partial charge in [-0.25, -0.2) is 0 Å². The Bertz CT molecular complexity index is 1140. The van der Waals surface area contributed by atoms with Crippen LogP contribution in [-0.2, 0) is 28.2 Å². The Hall–Kier alpha value is -3.11. The lowest BCUT2D eigenvalue weighted by atomic mass is 10.2. The van der Waals surface area contributed by atoms with Crippen LogP contribution < -0.4 is 0 Å². The maximum atomic E-state index is 11.9. The molecule has 0 saturated carbocycles. The smallest absolute Gasteiger partial charge is 0.313 e. The van der Waals surface area contributed by atoms with Gasteiger partial charge in [0.1, 0.15) is 18.0 Å². The average Bonchev–Trinajstić information content (AvgIpc) is 3.51. The summed E-state index contributed by atoms with van der Waals surface area (Å²) in [5.74, 6) is 2.15. The minimum atomic E-state index is -0.364. The third-order valence-electron chi connectivity index (χ3n) is 4.19. The van der Waals surface area contributed by atoms with Gasteiger partial charge in [0.25, 0.3) is 0 Å². The van der Waals surface area contributed by atoms with E-state index in [1.807, 2.05) is 22.8 Å². The molecule has 0 spiro atoms. The number of nitrogens with zero attached hydrogens (tertiary/aromatic N) is 5. The number of hydrogen-bond donors (Lipinski definition) is 0. The van der Waals surface area contributed by atoms with Gasteiger partial charge in [0.2, 0.25) is 11.7 Å². The van der Waals surface area contributed by atoms with Crippen molar-refractivity contribution in [3.63, 3.8) is 0 Å². The molecule has 11 heteroatoms. The van der Waals surface area contributed by atoms with Gasteiger partial charge in [0.05, 0.1) is 25.2 Å². The van der Waals surface area contributed by atoms with Crippen molar-refractivity contribution in [3.8, 4) is 11.4 Å². The molecule has 4 aromatic rings. The van der Waals surface area contributed by atoms with Crippen LogP contribution in [0.5, 0.6) is 0 Å². The first-order chi connectivity index (χ1) is 15.1. The molecule has 0 aliphatic rings. The molecule has 9 nitrogen and oxygen atoms in total. The third-order valence-corrected chi connectivity index (χ3v) is 5.39. The van der Waals surface area contributed by atoms with Crippen molar-refractivity contribution < 1.29 is 18.5 Å². The first-order valence-corrected chi connectivity index (χ1v) is 10.8. The molecular weight excluding hydrogens is 442 g/mol. The van der Waals surface area contributed by atoms with E-state index in [0.717, 1.165) is 11.3 Å². The summed E-state index contributed by atoms with van der Waals surface area (Å²) in [6.45, 7) is 2.45. The van der Waals surface area contributed by atoms with Crippen LogP contribution in [0.2, 0.25) is 5.02 Å². The molecule has 0 fully saturated rings. The van der Waals surface area contributed by atoms with Crippen molar-refractivity contribution >= 4 is 29.3 Å². The zero-order valence-electron chi connectivity index (χ0n) is 16.5. The molecule has 0 unspecified atom stereocenters. The van der Waals surface area contributed by atoms with Gasteiger partial charge in [-0.1, -0.05) is 28.5 Å². The number of esters is 1. The summed E-state index contributed by atoms with van der Waals surface area (Å²) in [6.07, 6.45) is 1.61. The highest BCUT2D eigenvalue weighted by atomic mass is 35.5. The average molecular weight is 460 g/mol. The topological polar surface area (TPSA) is 109 Å². The third kappa shape index (κ3) is 5.33. The molecule has 0 atom stereocenters. The lowest BCUT2D eigenvalue weighted by Gasteiger charge is -2.08. The molecule has 160 valence electrons. The van der Waals surface area contributed by atoms with Crippen LogP contribution in [0.15, 0.2) is 56.8 Å². The standard InChI is InChI=1S/C20H18ClN5O4S/c1-2-28-18(27)10-16-23-24-20(26(16)11-15-4-3-9-29-15)31-12-17-22-19(25-30-17)13-5-7-14(21)8-6-13/h3-9H,2,10-12H2,1H3. The lowest BCUT2D eigenvalue weighted by Crippen LogP contribution is -2.13. The van der Waals surface area contributed by atoms with E-state index >= 15 is 0 Å². The predicted molar refractivity (Wildman–Crippen MR) is 112 cm³/mol. The first kappa shape index (κ1) is 21.1. The van der Waals surface area contributed by atoms with E-state index in [4.69, 9.17) is 25.3 Å². The van der Waals surface area contributed by atoms with Crippen molar-refractivity contribution in [3.05, 3.63) is 65.2 Å². The fourth-order valence-corrected chi connectivity index (χ4v) is 3.69. The molecule has 0 amide bonds. The maximum absolute atomic E-state index is 11.9. The normalized spacial score (nSPS) is 11.0. The summed E-state index contributed by atoms with van der Waals surface area (Å²) in [4.78, 5) is 16.4. The molecule has 0 aliphatic carbocycles. The minimum absolute atomic E-state index is 0.0172. The molecule has 1 aromatic carbocycles. The van der Waals surface area contributed by atoms with Gasteiger partial charge < -0.3 is 13.7 Å². The number of thioether (sulfide) groups is 1. The van der Waals surface area contributed by atoms with Gasteiger partial charge in [0, 0.05) is 10.6 Å². The van der Waals surface area contributed by atoms with Crippen LogP contribution in [0.4, 0.5) is 0 Å². The Labute approximate surface area is 186 Å². The fourth-order valence-electron chi connectivity index (χ4n) is 2.77. The summed E-state index contributed by atoms with van der Waals surface area (Å²) in [7, 11) is 0. The second kappa shape index (κ2) is 9.80. The number of carbonyl (C=O) groups excluding carboxylic acids is 1. The molecule has 0 aliphatic heterocycles. The van der Waals surface area contributed by atoms with Crippen LogP contribution in [0.25, 0.3) is 11.4 Å². The van der Waals surface area contributed by atoms with Crippen LogP contribution in [0, 0.1) is 0 Å². The Balaban J connectivity index is 1.49. The van der Waals surface area contributed by atoms with E-state index in [1.165, 1.54) is 11.8 Å². The summed E-state index contributed by atoms with van der Waals surface area (Å²) in [6, 6.07) is 10.8. The van der Waals surface area contributed by atoms with Crippen molar-refractivity contribution in [2.75, 3.05) is 6.61 Å². The monoisotopic (exact) mass is 459 g/mol. The highest BCUT2D eigenvalue weighted by Gasteiger charge is 2.19. The molecule has 3 heterocycles. The molecule has 0 saturated heterocycles. The number of benzene rings is 1. The molecule has 0 radical (unpaired) electrons. The highest BCUT2D eigenvalue weighted by Crippen LogP contribution is 2.25. The first-order valence-electron chi connectivity index (χ1n) is 9.43. The van der Waals surface area contributed by atoms with Gasteiger partial charge in [-0.2, -0.15) is 4.98 Å². The van der Waals surface area contributed by atoms with Crippen LogP contribution >= 0.6 is 23.4 Å². The quantitative estimate of drug-likeness (QED) is 0.270. The number of halogens is 1. The largest absolute Gasteiger partial charge is 0.467 e. The zero-order chi connectivity index (χ0) is 21.6. The Kier molecular flexibility index (Phi) is 6.68. The summed E-state index contributed by atoms with van der Waals surface area (Å²) in [5, 5.41) is 13.6. The van der Waals surface area contributed by atoms with Crippen molar-refractivity contribution in [2.24, 2.45) is 0 Å². The molecule has 0 bridgehead atoms. The van der Waals surface area contributed by atoms with Gasteiger partial charge in [-0.3, -0.25) is 9.36 Å². The Morgan fingerprint density at radius 3 is 2.81 bits per heavy atom. The Morgan fingerprint density at radius 2 is 2.06 bits per heavy atom. The number of aromatic nitrogens is 5. The van der Waals surface area contributed by atoms with Gasteiger partial charge in [-0.15, -0.1) is 10.2 Å². The SMILES string of the molecule is CCOC(=O)Cc1nnc(SCc2nc(-c3ccc(Cl)cc3)no2)n1Cc1ccco1. The number of hydrogen-bond acceptors (Lipinski definition) is 9. The van der Waals surface area contributed by atoms with E-state index in [0.29, 0.717) is 46.6 Å². The van der Waals surface area contributed by atoms with Crippen molar-refractivity contribution in [2.45, 2.75) is 30.8 Å². The molecule has 31 heavy (non-hydrogen) atoms. The zero-order valence-corrected chi connectivity index (χ0v) is 18.1. The van der Waals surface area contributed by atoms with Crippen molar-refractivity contribution in [1.82, 2.24) is 24.9 Å². The van der Waals surface area contributed by atoms with Gasteiger partial charge >= 0.3 is 5.97 Å². The lowest BCUT2D eigenvalue weighted by molar-refractivity contribution is -0.142. The number of furan rings is 1. The van der Waals surface area contributed by atoms with Crippen LogP contribution in [-0.4, -0.2) is 37.5 Å². The number of ether oxygens (including phenoxy) is 1. The van der Waals surface area contributed by atoms with E-state index in [-0.39, 0.29) is 12.4 Å². The molecule has 4 rings (SSSR count). The molecule has 0 N–H and O–H groups in total. The number of rotatable bonds is 9. The second-order valence-corrected chi connectivity index (χ2v) is 7.73. The Morgan fingerprint density at radius 1 is 1.23 bits per heavy atom. The van der Waals surface area contributed by atoms with E-state index < -0.39 is 0 Å². The van der Waals surface area contributed by atoms with E-state index in [1.54, 1.807) is 31.4 Å². The summed E-state index contributed by atoms with van der Waals surface area (Å²) >= 11 is 7.29. The highest BCUT2D eigenvalue weighted by molar-refractivity contribution is 7.98. The predicted octanol–water partition coefficient (Wildman–Crippen LogP) is 4.02. The van der Waals surface area contributed by atoms with Crippen LogP contribution in [0.1, 0.15) is 24.4 Å². The van der Waals surface area contributed by atoms with Crippen LogP contribution in [0.3, 0.4) is 0 Å². The summed E-state index contributed by atoms with van der Waals surface area (Å²) < 4.78 is 17.6. The molecular formula is C20H18ClN5O4S. The summed E-state index contributed by atoms with van der Waals surface area (Å²) in [5.41, 5.74) is 0.808. The fraction of sp³-hybridized carbons (Fsp3) is 0.250. The molecule has 3 aromatic heterocycles. The van der Waals surface area contributed by atoms with Crippen molar-refractivity contribution in [1.29, 1.82) is 0 Å². The number of carbonyl (C=O) groups is 1. The van der Waals surface area contributed by atoms with E-state index in [9.17, 15) is 4.79 Å². The maximum Gasteiger partial charge on any atom is 0.313 e. The minimum Gasteiger partial charge on any atom is -0.467 e. The second-order valence-electron chi connectivity index (χ2n) is 6.35. The van der Waals surface area contributed by atoms with Gasteiger partial charge in [0.15, 0.2) is 5.16 Å². The van der Waals surface area contributed by atoms with E-state index in [2.05, 4.69) is 20.3 Å². The van der Waals surface area contributed by atoms with Gasteiger partial charge in [-0.05, 0) is 43.3 Å².